The fourth-order valence-electron chi connectivity index (χ4n) is 4.98. The van der Waals surface area contributed by atoms with Crippen LogP contribution in [0.1, 0.15) is 40.9 Å². The van der Waals surface area contributed by atoms with Gasteiger partial charge in [-0.2, -0.15) is 4.31 Å². The minimum atomic E-state index is -3.79. The summed E-state index contributed by atoms with van der Waals surface area (Å²) in [6, 6.07) is 10.7. The molecule has 2 aliphatic rings. The first-order valence-corrected chi connectivity index (χ1v) is 13.0. The fourth-order valence-corrected chi connectivity index (χ4v) is 6.40. The lowest BCUT2D eigenvalue weighted by Crippen LogP contribution is -2.50. The first-order chi connectivity index (χ1) is 16.4. The van der Waals surface area contributed by atoms with Crippen molar-refractivity contribution in [3.05, 3.63) is 69.4 Å². The van der Waals surface area contributed by atoms with E-state index in [0.717, 1.165) is 36.6 Å². The molecule has 9 nitrogen and oxygen atoms in total. The van der Waals surface area contributed by atoms with E-state index in [4.69, 9.17) is 0 Å². The number of para-hydroxylation sites is 1. The number of aromatic amines is 1. The molecule has 10 heteroatoms. The van der Waals surface area contributed by atoms with Crippen LogP contribution in [0.4, 0.5) is 5.69 Å². The van der Waals surface area contributed by atoms with Gasteiger partial charge in [-0.25, -0.2) is 8.42 Å². The molecule has 0 unspecified atom stereocenters. The average molecular weight is 483 g/mol. The molecule has 1 saturated heterocycles. The number of nitro benzene ring substituents is 1. The van der Waals surface area contributed by atoms with Crippen molar-refractivity contribution in [2.45, 2.75) is 37.0 Å². The number of carbonyl (C=O) groups is 1. The first kappa shape index (κ1) is 22.5. The van der Waals surface area contributed by atoms with Gasteiger partial charge in [0.2, 0.25) is 10.0 Å². The van der Waals surface area contributed by atoms with E-state index in [1.165, 1.54) is 46.2 Å². The summed E-state index contributed by atoms with van der Waals surface area (Å²) < 4.78 is 27.3. The van der Waals surface area contributed by atoms with Gasteiger partial charge in [-0.1, -0.05) is 18.6 Å². The number of nitrogens with one attached hydrogen (secondary N) is 1. The summed E-state index contributed by atoms with van der Waals surface area (Å²) in [5.41, 5.74) is 3.88. The van der Waals surface area contributed by atoms with Crippen molar-refractivity contribution < 1.29 is 18.1 Å². The van der Waals surface area contributed by atoms with Crippen LogP contribution in [0.3, 0.4) is 0 Å². The lowest BCUT2D eigenvalue weighted by atomic mass is 10.0. The van der Waals surface area contributed by atoms with Crippen LogP contribution in [-0.4, -0.2) is 59.6 Å². The van der Waals surface area contributed by atoms with Gasteiger partial charge in [0.15, 0.2) is 0 Å². The Labute approximate surface area is 197 Å². The summed E-state index contributed by atoms with van der Waals surface area (Å²) in [6.45, 7) is 0.897. The van der Waals surface area contributed by atoms with Gasteiger partial charge in [-0.3, -0.25) is 14.9 Å². The summed E-state index contributed by atoms with van der Waals surface area (Å²) in [4.78, 5) is 28.9. The van der Waals surface area contributed by atoms with Gasteiger partial charge in [0, 0.05) is 49.4 Å². The predicted octanol–water partition coefficient (Wildman–Crippen LogP) is 3.49. The van der Waals surface area contributed by atoms with E-state index < -0.39 is 14.9 Å². The van der Waals surface area contributed by atoms with E-state index >= 15 is 0 Å². The molecule has 2 heterocycles. The van der Waals surface area contributed by atoms with E-state index in [2.05, 4.69) is 11.1 Å². The summed E-state index contributed by atoms with van der Waals surface area (Å²) in [5, 5.41) is 12.0. The highest BCUT2D eigenvalue weighted by Crippen LogP contribution is 2.31. The van der Waals surface area contributed by atoms with Gasteiger partial charge >= 0.3 is 0 Å². The van der Waals surface area contributed by atoms with Crippen LogP contribution >= 0.6 is 0 Å². The van der Waals surface area contributed by atoms with E-state index in [-0.39, 0.29) is 42.7 Å². The molecule has 1 amide bonds. The van der Waals surface area contributed by atoms with Gasteiger partial charge in [-0.05, 0) is 49.4 Å². The Kier molecular flexibility index (Phi) is 5.86. The van der Waals surface area contributed by atoms with Crippen LogP contribution in [0, 0.1) is 10.1 Å². The number of sulfonamides is 1. The molecule has 1 N–H and O–H groups in total. The average Bonchev–Trinajstić information content (AvgIpc) is 3.04. The first-order valence-electron chi connectivity index (χ1n) is 11.5. The Balaban J connectivity index is 1.33. The number of fused-ring (bicyclic) bond motifs is 3. The Morgan fingerprint density at radius 2 is 1.65 bits per heavy atom. The Bertz CT molecular complexity index is 1360. The zero-order valence-corrected chi connectivity index (χ0v) is 19.5. The highest BCUT2D eigenvalue weighted by atomic mass is 32.2. The number of hydrogen-bond acceptors (Lipinski definition) is 5. The number of aryl methyl sites for hydroxylation is 2. The van der Waals surface area contributed by atoms with Crippen LogP contribution in [0.15, 0.2) is 47.4 Å². The smallest absolute Gasteiger partial charge is 0.269 e. The van der Waals surface area contributed by atoms with Crippen molar-refractivity contribution in [1.29, 1.82) is 0 Å². The van der Waals surface area contributed by atoms with Crippen molar-refractivity contribution in [2.75, 3.05) is 26.2 Å². The molecule has 2 aromatic carbocycles. The molecular formula is C24H26N4O5S. The van der Waals surface area contributed by atoms with Crippen LogP contribution in [-0.2, 0) is 22.9 Å². The molecule has 34 heavy (non-hydrogen) atoms. The third-order valence-corrected chi connectivity index (χ3v) is 8.74. The Morgan fingerprint density at radius 1 is 0.941 bits per heavy atom. The Morgan fingerprint density at radius 3 is 2.35 bits per heavy atom. The van der Waals surface area contributed by atoms with Gasteiger partial charge in [0.1, 0.15) is 0 Å². The second kappa shape index (κ2) is 8.84. The number of rotatable bonds is 4. The number of H-pyrrole nitrogens is 1. The SMILES string of the molecule is O=C(c1cccc2c3c([nH]c12)CCCCC3)N1CCN(S(=O)(=O)c2ccc([N+](=O)[O-])cc2)CC1. The zero-order chi connectivity index (χ0) is 23.9. The quantitative estimate of drug-likeness (QED) is 0.347. The van der Waals surface area contributed by atoms with E-state index in [1.807, 2.05) is 12.1 Å². The zero-order valence-electron chi connectivity index (χ0n) is 18.7. The monoisotopic (exact) mass is 482 g/mol. The molecule has 1 aromatic heterocycles. The van der Waals surface area contributed by atoms with Gasteiger partial charge in [0.25, 0.3) is 11.6 Å². The second-order valence-electron chi connectivity index (χ2n) is 8.82. The molecule has 0 spiro atoms. The summed E-state index contributed by atoms with van der Waals surface area (Å²) >= 11 is 0. The maximum atomic E-state index is 13.4. The highest BCUT2D eigenvalue weighted by Gasteiger charge is 2.31. The van der Waals surface area contributed by atoms with Crippen LogP contribution in [0.2, 0.25) is 0 Å². The Hall–Kier alpha value is -3.24. The molecule has 1 aliphatic carbocycles. The number of benzene rings is 2. The number of aromatic nitrogens is 1. The molecule has 0 atom stereocenters. The standard InChI is InChI=1S/C24H26N4O5S/c29-24(21-7-4-6-20-19-5-2-1-3-8-22(19)25-23(20)21)26-13-15-27(16-14-26)34(32,33)18-11-9-17(10-12-18)28(30)31/h4,6-7,9-12,25H,1-3,5,8,13-16H2. The molecule has 0 radical (unpaired) electrons. The maximum Gasteiger partial charge on any atom is 0.269 e. The number of hydrogen-bond donors (Lipinski definition) is 1. The molecule has 178 valence electrons. The molecule has 1 aliphatic heterocycles. The van der Waals surface area contributed by atoms with Crippen LogP contribution < -0.4 is 0 Å². The number of nitrogens with zero attached hydrogens (tertiary/aromatic N) is 3. The normalized spacial score (nSPS) is 17.4. The van der Waals surface area contributed by atoms with Crippen LogP contribution in [0.25, 0.3) is 10.9 Å². The maximum absolute atomic E-state index is 13.4. The molecule has 0 bridgehead atoms. The summed E-state index contributed by atoms with van der Waals surface area (Å²) in [5.74, 6) is -0.102. The number of non-ortho nitro benzene ring substituents is 1. The van der Waals surface area contributed by atoms with Crippen molar-refractivity contribution in [1.82, 2.24) is 14.2 Å². The van der Waals surface area contributed by atoms with E-state index in [9.17, 15) is 23.3 Å². The number of amides is 1. The van der Waals surface area contributed by atoms with Gasteiger partial charge in [0.05, 0.1) is 20.9 Å². The summed E-state index contributed by atoms with van der Waals surface area (Å²) in [7, 11) is -3.79. The molecule has 1 fully saturated rings. The third-order valence-electron chi connectivity index (χ3n) is 6.82. The molecular weight excluding hydrogens is 456 g/mol. The van der Waals surface area contributed by atoms with Gasteiger partial charge in [-0.15, -0.1) is 0 Å². The minimum Gasteiger partial charge on any atom is -0.358 e. The summed E-state index contributed by atoms with van der Waals surface area (Å²) in [6.07, 6.45) is 5.54. The van der Waals surface area contributed by atoms with E-state index in [1.54, 1.807) is 4.90 Å². The number of carbonyl (C=O) groups excluding carboxylic acids is 1. The van der Waals surface area contributed by atoms with E-state index in [0.29, 0.717) is 5.56 Å². The lowest BCUT2D eigenvalue weighted by molar-refractivity contribution is -0.384. The number of nitro groups is 1. The van der Waals surface area contributed by atoms with Crippen molar-refractivity contribution in [3.8, 4) is 0 Å². The molecule has 5 rings (SSSR count). The topological polar surface area (TPSA) is 117 Å². The lowest BCUT2D eigenvalue weighted by Gasteiger charge is -2.34. The van der Waals surface area contributed by atoms with Crippen molar-refractivity contribution in [3.63, 3.8) is 0 Å². The highest BCUT2D eigenvalue weighted by molar-refractivity contribution is 7.89. The van der Waals surface area contributed by atoms with Crippen LogP contribution in [0.5, 0.6) is 0 Å². The molecule has 3 aromatic rings. The third kappa shape index (κ3) is 3.97. The van der Waals surface area contributed by atoms with Gasteiger partial charge < -0.3 is 9.88 Å². The van der Waals surface area contributed by atoms with Crippen molar-refractivity contribution in [2.24, 2.45) is 0 Å². The largest absolute Gasteiger partial charge is 0.358 e. The number of piperazine rings is 1. The van der Waals surface area contributed by atoms with Crippen molar-refractivity contribution >= 4 is 32.5 Å². The minimum absolute atomic E-state index is 0.00975. The second-order valence-corrected chi connectivity index (χ2v) is 10.8. The molecule has 0 saturated carbocycles. The fraction of sp³-hybridized carbons (Fsp3) is 0.375. The predicted molar refractivity (Wildman–Crippen MR) is 127 cm³/mol.